The van der Waals surface area contributed by atoms with Gasteiger partial charge < -0.3 is 4.52 Å². The Bertz CT molecular complexity index is 658. The van der Waals surface area contributed by atoms with Crippen molar-refractivity contribution >= 4 is 22.0 Å². The first-order valence-electron chi connectivity index (χ1n) is 6.17. The average Bonchev–Trinajstić information content (AvgIpc) is 2.93. The van der Waals surface area contributed by atoms with E-state index in [2.05, 4.69) is 19.6 Å². The van der Waals surface area contributed by atoms with E-state index in [9.17, 15) is 8.42 Å². The normalized spacial score (nSPS) is 11.7. The molecule has 1 aromatic carbocycles. The number of rotatable bonds is 8. The fraction of sp³-hybridized carbons (Fsp3) is 0.333. The summed E-state index contributed by atoms with van der Waals surface area (Å²) in [6, 6.07) is 9.26. The molecule has 114 valence electrons. The lowest BCUT2D eigenvalue weighted by molar-refractivity contribution is 0.371. The quantitative estimate of drug-likeness (QED) is 0.752. The van der Waals surface area contributed by atoms with E-state index in [0.29, 0.717) is 11.6 Å². The highest BCUT2D eigenvalue weighted by Crippen LogP contribution is 2.05. The Balaban J connectivity index is 1.83. The van der Waals surface area contributed by atoms with Crippen LogP contribution in [0, 0.1) is 0 Å². The number of aromatic nitrogens is 2. The van der Waals surface area contributed by atoms with E-state index in [1.54, 1.807) is 11.8 Å². The summed E-state index contributed by atoms with van der Waals surface area (Å²) in [4.78, 5) is 4.07. The third kappa shape index (κ3) is 5.46. The summed E-state index contributed by atoms with van der Waals surface area (Å²) in [6.07, 6.45) is 1.92. The predicted octanol–water partition coefficient (Wildman–Crippen LogP) is 1.06. The second-order valence-electron chi connectivity index (χ2n) is 4.17. The Hall–Kier alpha value is -1.42. The van der Waals surface area contributed by atoms with Crippen LogP contribution < -0.4 is 9.44 Å². The first-order valence-corrected chi connectivity index (χ1v) is 9.05. The largest absolute Gasteiger partial charge is 0.338 e. The third-order valence-electron chi connectivity index (χ3n) is 2.51. The van der Waals surface area contributed by atoms with Crippen LogP contribution >= 0.6 is 11.8 Å². The molecular weight excluding hydrogens is 312 g/mol. The summed E-state index contributed by atoms with van der Waals surface area (Å²) in [5.41, 5.74) is 0.878. The Morgan fingerprint density at radius 2 is 1.90 bits per heavy atom. The molecule has 0 unspecified atom stereocenters. The van der Waals surface area contributed by atoms with Gasteiger partial charge in [0.15, 0.2) is 5.82 Å². The highest BCUT2D eigenvalue weighted by Gasteiger charge is 2.12. The molecule has 0 atom stereocenters. The van der Waals surface area contributed by atoms with Crippen molar-refractivity contribution in [2.75, 3.05) is 6.26 Å². The molecule has 0 bridgehead atoms. The Kier molecular flexibility index (Phi) is 5.74. The van der Waals surface area contributed by atoms with Crippen molar-refractivity contribution in [3.05, 3.63) is 47.6 Å². The van der Waals surface area contributed by atoms with Gasteiger partial charge in [-0.25, -0.2) is 0 Å². The van der Waals surface area contributed by atoms with Gasteiger partial charge in [0.2, 0.25) is 5.89 Å². The highest BCUT2D eigenvalue weighted by atomic mass is 32.2. The number of nitrogens with zero attached hydrogens (tertiary/aromatic N) is 2. The number of hydrogen-bond donors (Lipinski definition) is 2. The van der Waals surface area contributed by atoms with Crippen LogP contribution in [0.2, 0.25) is 0 Å². The van der Waals surface area contributed by atoms with E-state index in [1.165, 1.54) is 0 Å². The molecule has 0 spiro atoms. The van der Waals surface area contributed by atoms with Crippen LogP contribution in [0.3, 0.4) is 0 Å². The lowest BCUT2D eigenvalue weighted by atomic mass is 10.2. The van der Waals surface area contributed by atoms with Crippen molar-refractivity contribution in [1.82, 2.24) is 19.6 Å². The van der Waals surface area contributed by atoms with E-state index in [-0.39, 0.29) is 19.0 Å². The van der Waals surface area contributed by atoms with Crippen LogP contribution in [0.15, 0.2) is 34.9 Å². The first kappa shape index (κ1) is 16.0. The summed E-state index contributed by atoms with van der Waals surface area (Å²) >= 11 is 1.56. The van der Waals surface area contributed by atoms with Gasteiger partial charge in [-0.05, 0) is 11.8 Å². The Morgan fingerprint density at radius 1 is 1.19 bits per heavy atom. The van der Waals surface area contributed by atoms with Crippen LogP contribution in [-0.2, 0) is 29.1 Å². The van der Waals surface area contributed by atoms with Crippen LogP contribution in [0.4, 0.5) is 0 Å². The van der Waals surface area contributed by atoms with Gasteiger partial charge in [0.1, 0.15) is 0 Å². The van der Waals surface area contributed by atoms with E-state index >= 15 is 0 Å². The maximum atomic E-state index is 11.8. The van der Waals surface area contributed by atoms with Gasteiger partial charge in [-0.15, -0.1) is 0 Å². The molecule has 0 aliphatic carbocycles. The smallest absolute Gasteiger partial charge is 0.277 e. The average molecular weight is 328 g/mol. The van der Waals surface area contributed by atoms with Crippen molar-refractivity contribution in [2.45, 2.75) is 18.8 Å². The molecule has 1 heterocycles. The van der Waals surface area contributed by atoms with Crippen molar-refractivity contribution in [2.24, 2.45) is 0 Å². The molecule has 0 amide bonds. The van der Waals surface area contributed by atoms with Crippen LogP contribution in [-0.4, -0.2) is 24.8 Å². The van der Waals surface area contributed by atoms with Crippen LogP contribution in [0.25, 0.3) is 0 Å². The fourth-order valence-electron chi connectivity index (χ4n) is 1.53. The second kappa shape index (κ2) is 7.55. The molecule has 2 N–H and O–H groups in total. The van der Waals surface area contributed by atoms with Gasteiger partial charge in [-0.3, -0.25) is 0 Å². The van der Waals surface area contributed by atoms with E-state index in [1.807, 2.05) is 36.6 Å². The number of thioether (sulfide) groups is 1. The van der Waals surface area contributed by atoms with Gasteiger partial charge >= 0.3 is 0 Å². The van der Waals surface area contributed by atoms with Gasteiger partial charge in [-0.1, -0.05) is 35.5 Å². The molecule has 0 saturated heterocycles. The van der Waals surface area contributed by atoms with E-state index in [0.717, 1.165) is 5.56 Å². The lowest BCUT2D eigenvalue weighted by Crippen LogP contribution is -2.35. The minimum absolute atomic E-state index is 0.0362. The van der Waals surface area contributed by atoms with Crippen LogP contribution in [0.1, 0.15) is 17.3 Å². The molecule has 0 fully saturated rings. The zero-order valence-corrected chi connectivity index (χ0v) is 13.1. The zero-order chi connectivity index (χ0) is 15.1. The predicted molar refractivity (Wildman–Crippen MR) is 80.6 cm³/mol. The maximum Gasteiger partial charge on any atom is 0.277 e. The van der Waals surface area contributed by atoms with Crippen LogP contribution in [0.5, 0.6) is 0 Å². The number of hydrogen-bond acceptors (Lipinski definition) is 6. The molecule has 9 heteroatoms. The summed E-state index contributed by atoms with van der Waals surface area (Å²) in [7, 11) is -3.61. The molecule has 21 heavy (non-hydrogen) atoms. The Labute approximate surface area is 127 Å². The van der Waals surface area contributed by atoms with Gasteiger partial charge in [0.05, 0.1) is 12.3 Å². The zero-order valence-electron chi connectivity index (χ0n) is 11.4. The van der Waals surface area contributed by atoms with Crippen molar-refractivity contribution in [1.29, 1.82) is 0 Å². The first-order chi connectivity index (χ1) is 10.1. The van der Waals surface area contributed by atoms with E-state index < -0.39 is 10.2 Å². The van der Waals surface area contributed by atoms with Gasteiger partial charge in [0.25, 0.3) is 10.2 Å². The third-order valence-corrected chi connectivity index (χ3v) is 4.10. The summed E-state index contributed by atoms with van der Waals surface area (Å²) in [5.74, 6) is 1.42. The molecule has 2 rings (SSSR count). The van der Waals surface area contributed by atoms with E-state index in [4.69, 9.17) is 4.52 Å². The lowest BCUT2D eigenvalue weighted by Gasteiger charge is -2.06. The number of nitrogens with one attached hydrogen (secondary N) is 2. The molecule has 1 aromatic heterocycles. The second-order valence-corrected chi connectivity index (χ2v) is 6.62. The summed E-state index contributed by atoms with van der Waals surface area (Å²) in [6.45, 7) is 0.184. The number of benzene rings is 1. The molecule has 0 saturated carbocycles. The molecule has 0 aliphatic heterocycles. The topological polar surface area (TPSA) is 97.1 Å². The fourth-order valence-corrected chi connectivity index (χ4v) is 2.68. The molecule has 0 radical (unpaired) electrons. The molecule has 7 nitrogen and oxygen atoms in total. The van der Waals surface area contributed by atoms with Crippen molar-refractivity contribution in [3.63, 3.8) is 0 Å². The minimum atomic E-state index is -3.61. The summed E-state index contributed by atoms with van der Waals surface area (Å²) in [5, 5.41) is 3.74. The Morgan fingerprint density at radius 3 is 2.62 bits per heavy atom. The standard InChI is InChI=1S/C12H16N4O3S2/c1-20-9-11-15-12(19-16-11)8-14-21(17,18)13-7-10-5-3-2-4-6-10/h2-6,13-14H,7-9H2,1H3. The monoisotopic (exact) mass is 328 g/mol. The maximum absolute atomic E-state index is 11.8. The van der Waals surface area contributed by atoms with Crippen molar-refractivity contribution < 1.29 is 12.9 Å². The van der Waals surface area contributed by atoms with Gasteiger partial charge in [0, 0.05) is 6.54 Å². The van der Waals surface area contributed by atoms with Crippen molar-refractivity contribution in [3.8, 4) is 0 Å². The van der Waals surface area contributed by atoms with Gasteiger partial charge in [-0.2, -0.15) is 34.6 Å². The molecule has 0 aliphatic rings. The minimum Gasteiger partial charge on any atom is -0.338 e. The molecular formula is C12H16N4O3S2. The summed E-state index contributed by atoms with van der Waals surface area (Å²) < 4.78 is 33.3. The highest BCUT2D eigenvalue weighted by molar-refractivity contribution is 7.97. The SMILES string of the molecule is CSCc1noc(CNS(=O)(=O)NCc2ccccc2)n1. The molecule has 2 aromatic rings.